The molecule has 4 rings (SSSR count). The molecule has 3 saturated carbocycles. The first-order valence-electron chi connectivity index (χ1n) is 10.6. The van der Waals surface area contributed by atoms with Gasteiger partial charge in [-0.3, -0.25) is 5.43 Å². The number of rotatable bonds is 2. The summed E-state index contributed by atoms with van der Waals surface area (Å²) in [7, 11) is 0. The fourth-order valence-electron chi connectivity index (χ4n) is 7.75. The Labute approximate surface area is 164 Å². The highest BCUT2D eigenvalue weighted by molar-refractivity contribution is 7.80. The van der Waals surface area contributed by atoms with Gasteiger partial charge in [-0.2, -0.15) is 5.10 Å². The van der Waals surface area contributed by atoms with Gasteiger partial charge in [0.25, 0.3) is 0 Å². The van der Waals surface area contributed by atoms with Crippen molar-refractivity contribution in [2.75, 3.05) is 0 Å². The van der Waals surface area contributed by atoms with E-state index in [4.69, 9.17) is 18.0 Å². The minimum Gasteiger partial charge on any atom is -0.375 e. The van der Waals surface area contributed by atoms with Crippen LogP contribution in [0.2, 0.25) is 0 Å². The Kier molecular flexibility index (Phi) is 4.70. The average Bonchev–Trinajstić information content (AvgIpc) is 2.96. The highest BCUT2D eigenvalue weighted by atomic mass is 32.1. The molecule has 26 heavy (non-hydrogen) atoms. The van der Waals surface area contributed by atoms with Crippen LogP contribution in [0.4, 0.5) is 0 Å². The molecule has 0 radical (unpaired) electrons. The summed E-state index contributed by atoms with van der Waals surface area (Å²) in [6.45, 7) is 7.34. The van der Waals surface area contributed by atoms with Crippen LogP contribution in [0.25, 0.3) is 0 Å². The van der Waals surface area contributed by atoms with Crippen LogP contribution in [0, 0.1) is 40.4 Å². The lowest BCUT2D eigenvalue weighted by atomic mass is 9.45. The molecular weight excluding hydrogens is 338 g/mol. The summed E-state index contributed by atoms with van der Waals surface area (Å²) in [6.07, 6.45) is 15.9. The number of nitrogens with two attached hydrogens (primary N) is 1. The zero-order chi connectivity index (χ0) is 18.5. The Hall–Kier alpha value is -0.900. The van der Waals surface area contributed by atoms with Crippen molar-refractivity contribution in [3.05, 3.63) is 12.2 Å². The largest absolute Gasteiger partial charge is 0.375 e. The normalized spacial score (nSPS) is 47.7. The molecule has 0 aromatic heterocycles. The number of hydrogen-bond acceptors (Lipinski definition) is 2. The lowest BCUT2D eigenvalue weighted by Gasteiger charge is -2.59. The number of nitrogens with one attached hydrogen (secondary N) is 1. The molecule has 0 spiro atoms. The van der Waals surface area contributed by atoms with E-state index in [-0.39, 0.29) is 5.11 Å². The average molecular weight is 374 g/mol. The number of hydrazone groups is 1. The van der Waals surface area contributed by atoms with E-state index in [0.29, 0.717) is 16.7 Å². The molecule has 4 aliphatic carbocycles. The summed E-state index contributed by atoms with van der Waals surface area (Å²) in [6, 6.07) is 0. The molecule has 0 aliphatic heterocycles. The van der Waals surface area contributed by atoms with Gasteiger partial charge in [0.05, 0.1) is 0 Å². The van der Waals surface area contributed by atoms with Gasteiger partial charge in [-0.1, -0.05) is 26.0 Å². The summed E-state index contributed by atoms with van der Waals surface area (Å²) in [5.41, 5.74) is 10.5. The second-order valence-electron chi connectivity index (χ2n) is 9.97. The number of hydrogen-bond donors (Lipinski definition) is 2. The smallest absolute Gasteiger partial charge is 0.184 e. The maximum Gasteiger partial charge on any atom is 0.184 e. The first kappa shape index (κ1) is 18.5. The molecule has 0 saturated heterocycles. The van der Waals surface area contributed by atoms with E-state index in [0.717, 1.165) is 23.7 Å². The van der Waals surface area contributed by atoms with Crippen LogP contribution in [0.5, 0.6) is 0 Å². The molecule has 3 nitrogen and oxygen atoms in total. The SMILES string of the molecule is C/C(=N/NC(N)=S)C1CCC2C3CCC4CC=CCC4(C)C3CCC12C. The van der Waals surface area contributed by atoms with Gasteiger partial charge in [0.2, 0.25) is 0 Å². The molecular formula is C22H35N3S. The summed E-state index contributed by atoms with van der Waals surface area (Å²) in [5.74, 6) is 4.21. The molecule has 0 aromatic carbocycles. The van der Waals surface area contributed by atoms with E-state index >= 15 is 0 Å². The standard InChI is InChI=1S/C22H35N3S/c1-14(24-25-20(23)26)17-9-10-18-16-8-7-15-6-4-5-12-21(15,2)19(16)11-13-22(17,18)3/h4-5,15-19H,6-13H2,1-3H3,(H3,23,25,26)/b24-14-. The van der Waals surface area contributed by atoms with Gasteiger partial charge in [-0.05, 0) is 105 Å². The van der Waals surface area contributed by atoms with Crippen molar-refractivity contribution in [1.82, 2.24) is 5.43 Å². The third kappa shape index (κ3) is 2.75. The van der Waals surface area contributed by atoms with Crippen molar-refractivity contribution in [3.63, 3.8) is 0 Å². The molecule has 4 aliphatic rings. The highest BCUT2D eigenvalue weighted by Crippen LogP contribution is 2.67. The molecule has 3 N–H and O–H groups in total. The molecule has 0 amide bonds. The predicted octanol–water partition coefficient (Wildman–Crippen LogP) is 5.02. The van der Waals surface area contributed by atoms with E-state index in [1.807, 2.05) is 0 Å². The van der Waals surface area contributed by atoms with Crippen LogP contribution in [-0.4, -0.2) is 10.8 Å². The Morgan fingerprint density at radius 3 is 2.62 bits per heavy atom. The fourth-order valence-corrected chi connectivity index (χ4v) is 7.79. The number of nitrogens with zero attached hydrogens (tertiary/aromatic N) is 1. The zero-order valence-electron chi connectivity index (χ0n) is 16.6. The molecule has 7 unspecified atom stereocenters. The van der Waals surface area contributed by atoms with Gasteiger partial charge >= 0.3 is 0 Å². The molecule has 4 heteroatoms. The summed E-state index contributed by atoms with van der Waals surface area (Å²) < 4.78 is 0. The van der Waals surface area contributed by atoms with Crippen molar-refractivity contribution >= 4 is 23.0 Å². The van der Waals surface area contributed by atoms with Crippen molar-refractivity contribution < 1.29 is 0 Å². The monoisotopic (exact) mass is 373 g/mol. The fraction of sp³-hybridized carbons (Fsp3) is 0.818. The molecule has 3 fully saturated rings. The maximum absolute atomic E-state index is 5.58. The first-order valence-corrected chi connectivity index (χ1v) is 11.0. The summed E-state index contributed by atoms with van der Waals surface area (Å²) in [4.78, 5) is 0. The highest BCUT2D eigenvalue weighted by Gasteiger charge is 2.59. The van der Waals surface area contributed by atoms with Crippen molar-refractivity contribution in [1.29, 1.82) is 0 Å². The Morgan fingerprint density at radius 2 is 1.85 bits per heavy atom. The van der Waals surface area contributed by atoms with Gasteiger partial charge in [0.15, 0.2) is 5.11 Å². The lowest BCUT2D eigenvalue weighted by Crippen LogP contribution is -2.52. The van der Waals surface area contributed by atoms with Gasteiger partial charge < -0.3 is 5.73 Å². The van der Waals surface area contributed by atoms with Crippen LogP contribution in [0.3, 0.4) is 0 Å². The van der Waals surface area contributed by atoms with Gasteiger partial charge in [0.1, 0.15) is 0 Å². The van der Waals surface area contributed by atoms with E-state index in [2.05, 4.69) is 43.5 Å². The van der Waals surface area contributed by atoms with E-state index in [1.54, 1.807) is 0 Å². The van der Waals surface area contributed by atoms with E-state index in [1.165, 1.54) is 57.1 Å². The first-order chi connectivity index (χ1) is 12.4. The predicted molar refractivity (Wildman–Crippen MR) is 113 cm³/mol. The number of thiocarbonyl (C=S) groups is 1. The molecule has 7 atom stereocenters. The van der Waals surface area contributed by atoms with Gasteiger partial charge in [0, 0.05) is 11.6 Å². The second kappa shape index (κ2) is 6.61. The van der Waals surface area contributed by atoms with Gasteiger partial charge in [-0.25, -0.2) is 0 Å². The molecule has 0 aromatic rings. The minimum atomic E-state index is 0.268. The minimum absolute atomic E-state index is 0.268. The topological polar surface area (TPSA) is 50.4 Å². The van der Waals surface area contributed by atoms with Gasteiger partial charge in [-0.15, -0.1) is 0 Å². The van der Waals surface area contributed by atoms with Crippen molar-refractivity contribution in [2.45, 2.75) is 72.1 Å². The van der Waals surface area contributed by atoms with Crippen LogP contribution in [0.15, 0.2) is 17.3 Å². The number of allylic oxidation sites excluding steroid dienone is 2. The summed E-state index contributed by atoms with van der Waals surface area (Å²) >= 11 is 4.93. The number of fused-ring (bicyclic) bond motifs is 5. The lowest BCUT2D eigenvalue weighted by molar-refractivity contribution is -0.0913. The molecule has 0 bridgehead atoms. The Bertz CT molecular complexity index is 641. The Morgan fingerprint density at radius 1 is 1.08 bits per heavy atom. The third-order valence-electron chi connectivity index (χ3n) is 9.06. The van der Waals surface area contributed by atoms with Crippen LogP contribution in [-0.2, 0) is 0 Å². The molecule has 144 valence electrons. The Balaban J connectivity index is 1.57. The quantitative estimate of drug-likeness (QED) is 0.309. The molecule has 0 heterocycles. The third-order valence-corrected chi connectivity index (χ3v) is 9.15. The second-order valence-corrected chi connectivity index (χ2v) is 10.4. The van der Waals surface area contributed by atoms with Crippen molar-refractivity contribution in [3.8, 4) is 0 Å². The maximum atomic E-state index is 5.58. The van der Waals surface area contributed by atoms with E-state index < -0.39 is 0 Å². The van der Waals surface area contributed by atoms with Crippen LogP contribution < -0.4 is 11.2 Å². The van der Waals surface area contributed by atoms with Crippen LogP contribution in [0.1, 0.15) is 72.1 Å². The zero-order valence-corrected chi connectivity index (χ0v) is 17.4. The van der Waals surface area contributed by atoms with E-state index in [9.17, 15) is 0 Å². The summed E-state index contributed by atoms with van der Waals surface area (Å²) in [5, 5.41) is 4.78. The van der Waals surface area contributed by atoms with Crippen LogP contribution >= 0.6 is 12.2 Å². The van der Waals surface area contributed by atoms with Crippen molar-refractivity contribution in [2.24, 2.45) is 51.3 Å².